The Morgan fingerprint density at radius 2 is 2.05 bits per heavy atom. The van der Waals surface area contributed by atoms with Gasteiger partial charge in [0.2, 0.25) is 5.91 Å². The van der Waals surface area contributed by atoms with Crippen LogP contribution in [0.5, 0.6) is 0 Å². The molecule has 21 heavy (non-hydrogen) atoms. The van der Waals surface area contributed by atoms with Crippen LogP contribution in [0.4, 0.5) is 11.4 Å². The zero-order chi connectivity index (χ0) is 14.8. The van der Waals surface area contributed by atoms with Crippen molar-refractivity contribution in [3.63, 3.8) is 0 Å². The molecule has 1 aliphatic rings. The van der Waals surface area contributed by atoms with Gasteiger partial charge < -0.3 is 10.6 Å². The first-order valence-electron chi connectivity index (χ1n) is 6.70. The molecule has 2 aromatic rings. The SMILES string of the molecule is O=C(Nc1ccc(NCc2ccc(Cl)s2)cc1Cl)C1CC1. The first-order chi connectivity index (χ1) is 10.1. The van der Waals surface area contributed by atoms with Crippen LogP contribution in [-0.4, -0.2) is 5.91 Å². The van der Waals surface area contributed by atoms with Gasteiger partial charge in [0.05, 0.1) is 15.0 Å². The molecule has 1 heterocycles. The Labute approximate surface area is 137 Å². The van der Waals surface area contributed by atoms with Gasteiger partial charge in [-0.25, -0.2) is 0 Å². The van der Waals surface area contributed by atoms with E-state index in [0.29, 0.717) is 17.3 Å². The molecule has 1 saturated carbocycles. The van der Waals surface area contributed by atoms with Gasteiger partial charge in [-0.1, -0.05) is 23.2 Å². The molecule has 1 aromatic heterocycles. The Bertz CT molecular complexity index is 667. The van der Waals surface area contributed by atoms with Gasteiger partial charge in [0.1, 0.15) is 0 Å². The largest absolute Gasteiger partial charge is 0.380 e. The van der Waals surface area contributed by atoms with Crippen molar-refractivity contribution in [3.8, 4) is 0 Å². The summed E-state index contributed by atoms with van der Waals surface area (Å²) in [6, 6.07) is 9.42. The summed E-state index contributed by atoms with van der Waals surface area (Å²) in [4.78, 5) is 12.9. The molecule has 3 rings (SSSR count). The fourth-order valence-corrected chi connectivity index (χ4v) is 3.20. The molecule has 1 amide bonds. The molecule has 0 aliphatic heterocycles. The van der Waals surface area contributed by atoms with Crippen molar-refractivity contribution in [1.29, 1.82) is 0 Å². The molecule has 0 spiro atoms. The average Bonchev–Trinajstić information content (AvgIpc) is 3.22. The number of halogens is 2. The summed E-state index contributed by atoms with van der Waals surface area (Å²) >= 11 is 13.7. The second kappa shape index (κ2) is 6.26. The number of carbonyl (C=O) groups excluding carboxylic acids is 1. The highest BCUT2D eigenvalue weighted by Crippen LogP contribution is 2.32. The number of thiophene rings is 1. The lowest BCUT2D eigenvalue weighted by molar-refractivity contribution is -0.117. The fourth-order valence-electron chi connectivity index (χ4n) is 1.94. The molecular weight excluding hydrogens is 327 g/mol. The molecule has 110 valence electrons. The first kappa shape index (κ1) is 14.7. The first-order valence-corrected chi connectivity index (χ1v) is 8.27. The van der Waals surface area contributed by atoms with Gasteiger partial charge in [0.25, 0.3) is 0 Å². The minimum Gasteiger partial charge on any atom is -0.380 e. The third-order valence-electron chi connectivity index (χ3n) is 3.27. The van der Waals surface area contributed by atoms with Crippen molar-refractivity contribution in [2.75, 3.05) is 10.6 Å². The lowest BCUT2D eigenvalue weighted by atomic mass is 10.2. The maximum atomic E-state index is 11.7. The predicted octanol–water partition coefficient (Wildman–Crippen LogP) is 5.02. The molecule has 1 fully saturated rings. The van der Waals surface area contributed by atoms with E-state index in [1.165, 1.54) is 0 Å². The average molecular weight is 341 g/mol. The van der Waals surface area contributed by atoms with E-state index in [-0.39, 0.29) is 11.8 Å². The van der Waals surface area contributed by atoms with Crippen LogP contribution >= 0.6 is 34.5 Å². The van der Waals surface area contributed by atoms with Crippen LogP contribution in [0.2, 0.25) is 9.36 Å². The molecule has 0 bridgehead atoms. The smallest absolute Gasteiger partial charge is 0.227 e. The van der Waals surface area contributed by atoms with Crippen LogP contribution in [0.1, 0.15) is 17.7 Å². The second-order valence-electron chi connectivity index (χ2n) is 5.02. The number of benzene rings is 1. The number of anilines is 2. The summed E-state index contributed by atoms with van der Waals surface area (Å²) in [5.74, 6) is 0.230. The normalized spacial score (nSPS) is 14.0. The van der Waals surface area contributed by atoms with Gasteiger partial charge in [-0.2, -0.15) is 0 Å². The van der Waals surface area contributed by atoms with Crippen LogP contribution in [0.3, 0.4) is 0 Å². The quantitative estimate of drug-likeness (QED) is 0.802. The Kier molecular flexibility index (Phi) is 4.38. The molecular formula is C15H14Cl2N2OS. The molecule has 0 saturated heterocycles. The molecule has 6 heteroatoms. The van der Waals surface area contributed by atoms with Crippen molar-refractivity contribution in [2.24, 2.45) is 5.92 Å². The Balaban J connectivity index is 1.61. The summed E-state index contributed by atoms with van der Waals surface area (Å²) < 4.78 is 0.781. The zero-order valence-corrected chi connectivity index (χ0v) is 13.5. The van der Waals surface area contributed by atoms with E-state index in [1.807, 2.05) is 30.3 Å². The summed E-state index contributed by atoms with van der Waals surface area (Å²) in [5, 5.41) is 6.69. The molecule has 2 N–H and O–H groups in total. The Morgan fingerprint density at radius 3 is 2.67 bits per heavy atom. The van der Waals surface area contributed by atoms with Gasteiger partial charge in [0.15, 0.2) is 0 Å². The summed E-state index contributed by atoms with van der Waals surface area (Å²) in [6.45, 7) is 0.696. The van der Waals surface area contributed by atoms with E-state index < -0.39 is 0 Å². The number of hydrogen-bond donors (Lipinski definition) is 2. The Hall–Kier alpha value is -1.23. The number of carbonyl (C=O) groups is 1. The fraction of sp³-hybridized carbons (Fsp3) is 0.267. The highest BCUT2D eigenvalue weighted by Gasteiger charge is 2.29. The lowest BCUT2D eigenvalue weighted by Crippen LogP contribution is -2.13. The topological polar surface area (TPSA) is 41.1 Å². The van der Waals surface area contributed by atoms with Crippen LogP contribution < -0.4 is 10.6 Å². The third kappa shape index (κ3) is 3.90. The van der Waals surface area contributed by atoms with Crippen LogP contribution in [0.15, 0.2) is 30.3 Å². The Morgan fingerprint density at radius 1 is 1.24 bits per heavy atom. The van der Waals surface area contributed by atoms with Crippen LogP contribution in [0, 0.1) is 5.92 Å². The summed E-state index contributed by atoms with van der Waals surface area (Å²) in [6.07, 6.45) is 1.96. The van der Waals surface area contributed by atoms with Gasteiger partial charge >= 0.3 is 0 Å². The van der Waals surface area contributed by atoms with Gasteiger partial charge in [-0.15, -0.1) is 11.3 Å². The third-order valence-corrected chi connectivity index (χ3v) is 4.81. The minimum atomic E-state index is 0.0610. The monoisotopic (exact) mass is 340 g/mol. The van der Waals surface area contributed by atoms with Crippen molar-refractivity contribution >= 4 is 51.8 Å². The standard InChI is InChI=1S/C15H14Cl2N2OS/c16-12-7-10(18-8-11-4-6-14(17)21-11)3-5-13(12)19-15(20)9-1-2-9/h3-7,9,18H,1-2,8H2,(H,19,20). The van der Waals surface area contributed by atoms with Crippen LogP contribution in [-0.2, 0) is 11.3 Å². The minimum absolute atomic E-state index is 0.0610. The molecule has 0 unspecified atom stereocenters. The van der Waals surface area contributed by atoms with E-state index >= 15 is 0 Å². The van der Waals surface area contributed by atoms with E-state index in [4.69, 9.17) is 23.2 Å². The molecule has 1 aliphatic carbocycles. The van der Waals surface area contributed by atoms with Crippen molar-refractivity contribution in [2.45, 2.75) is 19.4 Å². The second-order valence-corrected chi connectivity index (χ2v) is 7.22. The van der Waals surface area contributed by atoms with Crippen molar-refractivity contribution < 1.29 is 4.79 Å². The predicted molar refractivity (Wildman–Crippen MR) is 89.5 cm³/mol. The number of amides is 1. The summed E-state index contributed by atoms with van der Waals surface area (Å²) in [7, 11) is 0. The molecule has 1 aromatic carbocycles. The number of rotatable bonds is 5. The summed E-state index contributed by atoms with van der Waals surface area (Å²) in [5.41, 5.74) is 1.58. The van der Waals surface area contributed by atoms with E-state index in [9.17, 15) is 4.79 Å². The highest BCUT2D eigenvalue weighted by atomic mass is 35.5. The van der Waals surface area contributed by atoms with Crippen molar-refractivity contribution in [1.82, 2.24) is 0 Å². The zero-order valence-electron chi connectivity index (χ0n) is 11.2. The number of nitrogens with one attached hydrogen (secondary N) is 2. The lowest BCUT2D eigenvalue weighted by Gasteiger charge is -2.10. The molecule has 3 nitrogen and oxygen atoms in total. The van der Waals surface area contributed by atoms with Gasteiger partial charge in [-0.3, -0.25) is 4.79 Å². The maximum Gasteiger partial charge on any atom is 0.227 e. The van der Waals surface area contributed by atoms with Gasteiger partial charge in [-0.05, 0) is 43.2 Å². The highest BCUT2D eigenvalue weighted by molar-refractivity contribution is 7.16. The van der Waals surface area contributed by atoms with E-state index in [1.54, 1.807) is 11.3 Å². The van der Waals surface area contributed by atoms with Crippen LogP contribution in [0.25, 0.3) is 0 Å². The van der Waals surface area contributed by atoms with E-state index in [0.717, 1.165) is 27.7 Å². The maximum absolute atomic E-state index is 11.7. The van der Waals surface area contributed by atoms with Crippen molar-refractivity contribution in [3.05, 3.63) is 44.6 Å². The molecule has 0 radical (unpaired) electrons. The van der Waals surface area contributed by atoms with E-state index in [2.05, 4.69) is 10.6 Å². The number of hydrogen-bond acceptors (Lipinski definition) is 3. The molecule has 0 atom stereocenters. The van der Waals surface area contributed by atoms with Gasteiger partial charge in [0, 0.05) is 23.0 Å².